The van der Waals surface area contributed by atoms with Crippen LogP contribution in [0, 0.1) is 0 Å². The minimum absolute atomic E-state index is 0. The average Bonchev–Trinajstić information content (AvgIpc) is 0. The van der Waals surface area contributed by atoms with E-state index in [0.29, 0.717) is 0 Å². The van der Waals surface area contributed by atoms with Crippen molar-refractivity contribution in [3.05, 3.63) is 0 Å². The second kappa shape index (κ2) is 117. The van der Waals surface area contributed by atoms with Crippen molar-refractivity contribution in [1.29, 1.82) is 0 Å². The Balaban J connectivity index is 0. The van der Waals surface area contributed by atoms with Crippen LogP contribution >= 0.6 is 0 Å². The van der Waals surface area contributed by atoms with Crippen molar-refractivity contribution < 1.29 is 16.4 Å². The first-order valence-electron chi connectivity index (χ1n) is 0. The van der Waals surface area contributed by atoms with Crippen LogP contribution in [0.5, 0.6) is 0 Å². The molecule has 0 saturated heterocycles. The third-order valence-corrected chi connectivity index (χ3v) is 0. The summed E-state index contributed by atoms with van der Waals surface area (Å²) in [6.07, 6.45) is 0. The van der Waals surface area contributed by atoms with E-state index in [4.69, 9.17) is 0 Å². The van der Waals surface area contributed by atoms with E-state index >= 15 is 0 Å². The molecule has 0 aromatic heterocycles. The largest absolute Gasteiger partial charge is 3.00 e. The van der Waals surface area contributed by atoms with Crippen LogP contribution in [0.4, 0.5) is 0 Å². The van der Waals surface area contributed by atoms with Gasteiger partial charge in [0.05, 0.1) is 0 Å². The molecule has 0 aromatic carbocycles. The van der Waals surface area contributed by atoms with Crippen LogP contribution in [-0.4, -0.2) is 33.8 Å². The van der Waals surface area contributed by atoms with Crippen LogP contribution in [0.2, 0.25) is 0 Å². The molecule has 6 N–H and O–H groups in total. The molecule has 0 aliphatic carbocycles. The maximum atomic E-state index is 0. The van der Waals surface area contributed by atoms with E-state index in [9.17, 15) is 0 Å². The molecule has 0 spiro atoms. The number of rotatable bonds is 0. The molecule has 0 fully saturated rings. The third kappa shape index (κ3) is 28.3. The quantitative estimate of drug-likeness (QED) is 0.280. The Morgan fingerprint density at radius 2 is 0.500 bits per heavy atom. The van der Waals surface area contributed by atoms with E-state index in [2.05, 4.69) is 0 Å². The van der Waals surface area contributed by atoms with E-state index in [-0.39, 0.29) is 33.8 Å². The van der Waals surface area contributed by atoms with Crippen LogP contribution in [0.3, 0.4) is 0 Å². The molecule has 0 radical (unpaired) electrons. The van der Waals surface area contributed by atoms with Crippen molar-refractivity contribution in [2.24, 2.45) is 0 Å². The zero-order valence-corrected chi connectivity index (χ0v) is 3.23. The molecule has 0 atom stereocenters. The fourth-order valence-corrected chi connectivity index (χ4v) is 0. The normalized spacial score (nSPS) is 0. The van der Waals surface area contributed by atoms with Gasteiger partial charge in [0.2, 0.25) is 0 Å². The van der Waals surface area contributed by atoms with Crippen LogP contribution in [0.1, 0.15) is 0 Å². The first-order valence-corrected chi connectivity index (χ1v) is 0. The second-order valence-electron chi connectivity index (χ2n) is 0. The van der Waals surface area contributed by atoms with E-state index in [0.717, 1.165) is 0 Å². The Labute approximate surface area is 34.7 Å². The van der Waals surface area contributed by atoms with Crippen LogP contribution < -0.4 is 0 Å². The molecule has 0 heterocycles. The van der Waals surface area contributed by atoms with Gasteiger partial charge in [-0.15, -0.1) is 0 Å². The van der Waals surface area contributed by atoms with Gasteiger partial charge in [-0.25, -0.2) is 0 Å². The standard InChI is InChI=1S/Al.3H2O/h;3*1H2/q+3;;;. The Morgan fingerprint density at radius 3 is 0.500 bits per heavy atom. The smallest absolute Gasteiger partial charge is 0.412 e. The van der Waals surface area contributed by atoms with E-state index in [1.165, 1.54) is 0 Å². The average molecular weight is 81.0 g/mol. The van der Waals surface area contributed by atoms with Crippen molar-refractivity contribution in [3.63, 3.8) is 0 Å². The molecule has 0 rings (SSSR count). The Morgan fingerprint density at radius 1 is 0.500 bits per heavy atom. The van der Waals surface area contributed by atoms with Crippen molar-refractivity contribution in [2.75, 3.05) is 0 Å². The molecule has 0 aliphatic heterocycles. The first-order chi connectivity index (χ1) is 0. The Bertz CT molecular complexity index is 3.25. The third-order valence-electron chi connectivity index (χ3n) is 0. The van der Waals surface area contributed by atoms with Crippen molar-refractivity contribution in [2.45, 2.75) is 0 Å². The van der Waals surface area contributed by atoms with Gasteiger partial charge in [0.25, 0.3) is 0 Å². The minimum atomic E-state index is 0. The molecule has 0 aliphatic rings. The summed E-state index contributed by atoms with van der Waals surface area (Å²) < 4.78 is 0. The van der Waals surface area contributed by atoms with Crippen LogP contribution in [0.15, 0.2) is 0 Å². The zero-order chi connectivity index (χ0) is 0. The number of hydrogen-bond donors (Lipinski definition) is 0. The zero-order valence-electron chi connectivity index (χ0n) is 2.08. The summed E-state index contributed by atoms with van der Waals surface area (Å²) in [4.78, 5) is 0. The molecule has 0 aromatic rings. The van der Waals surface area contributed by atoms with Gasteiger partial charge in [0.1, 0.15) is 0 Å². The Hall–Kier alpha value is 0.412. The van der Waals surface area contributed by atoms with E-state index in [1.54, 1.807) is 0 Å². The first kappa shape index (κ1) is 302. The van der Waals surface area contributed by atoms with Gasteiger partial charge < -0.3 is 16.4 Å². The SMILES string of the molecule is O.O.O.[Al+3]. The van der Waals surface area contributed by atoms with Gasteiger partial charge in [-0.3, -0.25) is 0 Å². The second-order valence-corrected chi connectivity index (χ2v) is 0. The summed E-state index contributed by atoms with van der Waals surface area (Å²) in [5.74, 6) is 0. The van der Waals surface area contributed by atoms with Gasteiger partial charge in [0, 0.05) is 0 Å². The predicted molar refractivity (Wildman–Crippen MR) is 16.6 cm³/mol. The number of hydrogen-bond acceptors (Lipinski definition) is 0. The fourth-order valence-electron chi connectivity index (χ4n) is 0. The monoisotopic (exact) mass is 81.0 g/mol. The summed E-state index contributed by atoms with van der Waals surface area (Å²) in [5.41, 5.74) is 0. The van der Waals surface area contributed by atoms with Crippen LogP contribution in [-0.2, 0) is 0 Å². The summed E-state index contributed by atoms with van der Waals surface area (Å²) >= 11 is 0. The Kier molecular flexibility index (Phi) is 8810. The van der Waals surface area contributed by atoms with Gasteiger partial charge in [-0.05, 0) is 0 Å². The molecule has 3 nitrogen and oxygen atoms in total. The van der Waals surface area contributed by atoms with E-state index < -0.39 is 0 Å². The summed E-state index contributed by atoms with van der Waals surface area (Å²) in [6, 6.07) is 0. The van der Waals surface area contributed by atoms with Gasteiger partial charge in [-0.2, -0.15) is 0 Å². The molecule has 0 bridgehead atoms. The van der Waals surface area contributed by atoms with Crippen molar-refractivity contribution in [1.82, 2.24) is 0 Å². The molecule has 24 valence electrons. The maximum absolute atomic E-state index is 0. The van der Waals surface area contributed by atoms with E-state index in [1.807, 2.05) is 0 Å². The topological polar surface area (TPSA) is 94.5 Å². The summed E-state index contributed by atoms with van der Waals surface area (Å²) in [7, 11) is 0. The molecule has 0 saturated carbocycles. The molecule has 4 heavy (non-hydrogen) atoms. The van der Waals surface area contributed by atoms with Crippen molar-refractivity contribution in [3.8, 4) is 0 Å². The predicted octanol–water partition coefficient (Wildman–Crippen LogP) is -2.85. The summed E-state index contributed by atoms with van der Waals surface area (Å²) in [5, 5.41) is 0. The summed E-state index contributed by atoms with van der Waals surface area (Å²) in [6.45, 7) is 0. The minimum Gasteiger partial charge on any atom is -0.412 e. The molecule has 4 heteroatoms. The molecule has 0 unspecified atom stereocenters. The molecular weight excluding hydrogens is 75.0 g/mol. The van der Waals surface area contributed by atoms with Crippen LogP contribution in [0.25, 0.3) is 0 Å². The fraction of sp³-hybridized carbons (Fsp3) is 0. The van der Waals surface area contributed by atoms with Gasteiger partial charge >= 0.3 is 17.4 Å². The molecular formula is H6AlO3+3. The van der Waals surface area contributed by atoms with Gasteiger partial charge in [-0.1, -0.05) is 0 Å². The van der Waals surface area contributed by atoms with Gasteiger partial charge in [0.15, 0.2) is 0 Å². The molecule has 0 amide bonds. The van der Waals surface area contributed by atoms with Crippen molar-refractivity contribution >= 4 is 17.4 Å². The maximum Gasteiger partial charge on any atom is 3.00 e.